The van der Waals surface area contributed by atoms with Gasteiger partial charge in [-0.25, -0.2) is 13.8 Å². The zero-order chi connectivity index (χ0) is 16.4. The van der Waals surface area contributed by atoms with Gasteiger partial charge in [-0.3, -0.25) is 0 Å². The number of imidazole rings is 1. The summed E-state index contributed by atoms with van der Waals surface area (Å²) in [6, 6.07) is 2.28. The molecule has 3 rings (SSSR count). The summed E-state index contributed by atoms with van der Waals surface area (Å²) in [5.74, 6) is -1.65. The Kier molecular flexibility index (Phi) is 6.90. The number of thiophene rings is 1. The van der Waals surface area contributed by atoms with E-state index in [1.54, 1.807) is 17.5 Å². The highest BCUT2D eigenvalue weighted by Crippen LogP contribution is 2.43. The van der Waals surface area contributed by atoms with Crippen molar-refractivity contribution in [2.75, 3.05) is 0 Å². The number of aromatic nitrogens is 2. The molecule has 0 aliphatic heterocycles. The molecule has 0 amide bonds. The SMILES string of the molecule is C[C@@H](CC(c1sccc1Br)n1ccnc1)C1CCC(F)(F)CC1.S. The smallest absolute Gasteiger partial charge is 0.248 e. The summed E-state index contributed by atoms with van der Waals surface area (Å²) in [6.07, 6.45) is 7.93. The number of hydrogen-bond donors (Lipinski definition) is 0. The quantitative estimate of drug-likeness (QED) is 0.540. The number of rotatable bonds is 5. The number of alkyl halides is 2. The third kappa shape index (κ3) is 4.61. The van der Waals surface area contributed by atoms with Crippen LogP contribution in [-0.2, 0) is 0 Å². The highest BCUT2D eigenvalue weighted by Gasteiger charge is 2.37. The summed E-state index contributed by atoms with van der Waals surface area (Å²) in [7, 11) is 0. The average molecular weight is 437 g/mol. The van der Waals surface area contributed by atoms with Crippen LogP contribution >= 0.6 is 40.8 Å². The highest BCUT2D eigenvalue weighted by molar-refractivity contribution is 9.10. The van der Waals surface area contributed by atoms with Gasteiger partial charge in [0.15, 0.2) is 0 Å². The average Bonchev–Trinajstić information content (AvgIpc) is 3.16. The van der Waals surface area contributed by atoms with Gasteiger partial charge in [0.25, 0.3) is 0 Å². The second kappa shape index (κ2) is 8.32. The molecule has 0 radical (unpaired) electrons. The van der Waals surface area contributed by atoms with E-state index < -0.39 is 5.92 Å². The van der Waals surface area contributed by atoms with E-state index in [2.05, 4.69) is 43.9 Å². The van der Waals surface area contributed by atoms with Gasteiger partial charge in [-0.05, 0) is 58.5 Å². The Morgan fingerprint density at radius 2 is 2.12 bits per heavy atom. The van der Waals surface area contributed by atoms with Crippen molar-refractivity contribution in [1.82, 2.24) is 9.55 Å². The molecule has 2 aromatic heterocycles. The van der Waals surface area contributed by atoms with Crippen molar-refractivity contribution in [2.24, 2.45) is 11.8 Å². The molecule has 2 atom stereocenters. The van der Waals surface area contributed by atoms with Crippen molar-refractivity contribution in [3.63, 3.8) is 0 Å². The zero-order valence-electron chi connectivity index (χ0n) is 13.6. The van der Waals surface area contributed by atoms with E-state index in [-0.39, 0.29) is 32.4 Å². The third-order valence-electron chi connectivity index (χ3n) is 4.99. The van der Waals surface area contributed by atoms with Crippen molar-refractivity contribution in [3.8, 4) is 0 Å². The Labute approximate surface area is 161 Å². The summed E-state index contributed by atoms with van der Waals surface area (Å²) in [4.78, 5) is 5.45. The van der Waals surface area contributed by atoms with Gasteiger partial charge < -0.3 is 4.57 Å². The topological polar surface area (TPSA) is 17.8 Å². The van der Waals surface area contributed by atoms with E-state index in [9.17, 15) is 8.78 Å². The lowest BCUT2D eigenvalue weighted by molar-refractivity contribution is -0.0521. The summed E-state index contributed by atoms with van der Waals surface area (Å²) in [6.45, 7) is 2.21. The molecule has 0 bridgehead atoms. The van der Waals surface area contributed by atoms with Crippen molar-refractivity contribution < 1.29 is 8.78 Å². The van der Waals surface area contributed by atoms with Gasteiger partial charge in [0.2, 0.25) is 5.92 Å². The van der Waals surface area contributed by atoms with Gasteiger partial charge in [0.1, 0.15) is 0 Å². The first-order valence-corrected chi connectivity index (χ1v) is 9.72. The largest absolute Gasteiger partial charge is 0.329 e. The van der Waals surface area contributed by atoms with Crippen LogP contribution in [0.3, 0.4) is 0 Å². The van der Waals surface area contributed by atoms with Crippen molar-refractivity contribution in [3.05, 3.63) is 39.5 Å². The molecular weight excluding hydrogens is 414 g/mol. The maximum absolute atomic E-state index is 13.4. The molecule has 134 valence electrons. The van der Waals surface area contributed by atoms with Crippen LogP contribution < -0.4 is 0 Å². The summed E-state index contributed by atoms with van der Waals surface area (Å²) in [5.41, 5.74) is 0. The molecule has 0 spiro atoms. The lowest BCUT2D eigenvalue weighted by atomic mass is 9.77. The zero-order valence-corrected chi connectivity index (χ0v) is 17.0. The van der Waals surface area contributed by atoms with Crippen LogP contribution in [0.4, 0.5) is 8.78 Å². The second-order valence-electron chi connectivity index (χ2n) is 6.56. The second-order valence-corrected chi connectivity index (χ2v) is 8.37. The van der Waals surface area contributed by atoms with E-state index in [0.717, 1.165) is 10.9 Å². The fraction of sp³-hybridized carbons (Fsp3) is 0.588. The molecule has 1 saturated carbocycles. The van der Waals surface area contributed by atoms with E-state index in [4.69, 9.17) is 0 Å². The molecule has 24 heavy (non-hydrogen) atoms. The minimum Gasteiger partial charge on any atom is -0.329 e. The maximum atomic E-state index is 13.4. The predicted octanol–water partition coefficient (Wildman–Crippen LogP) is 6.26. The van der Waals surface area contributed by atoms with E-state index in [1.807, 2.05) is 12.5 Å². The van der Waals surface area contributed by atoms with Crippen molar-refractivity contribution in [1.29, 1.82) is 0 Å². The first kappa shape index (κ1) is 19.9. The normalized spacial score (nSPS) is 20.3. The highest BCUT2D eigenvalue weighted by atomic mass is 79.9. The van der Waals surface area contributed by atoms with Crippen LogP contribution in [0.1, 0.15) is 49.9 Å². The Bertz CT molecular complexity index is 620. The molecular formula is C17H23BrF2N2S2. The van der Waals surface area contributed by atoms with Gasteiger partial charge >= 0.3 is 0 Å². The van der Waals surface area contributed by atoms with Crippen molar-refractivity contribution >= 4 is 40.8 Å². The standard InChI is InChI=1S/C17H21BrF2N2S.H2S/c1-12(13-2-5-17(19,20)6-3-13)10-15(22-8-7-21-11-22)16-14(18)4-9-23-16;/h4,7-9,11-13,15H,2-3,5-6,10H2,1H3;1H2/t12-,15?;/m0./s1. The van der Waals surface area contributed by atoms with E-state index in [0.29, 0.717) is 24.7 Å². The number of hydrogen-bond acceptors (Lipinski definition) is 2. The van der Waals surface area contributed by atoms with Crippen LogP contribution in [0.25, 0.3) is 0 Å². The Balaban J connectivity index is 0.00000208. The van der Waals surface area contributed by atoms with E-state index >= 15 is 0 Å². The lowest BCUT2D eigenvalue weighted by Gasteiger charge is -2.34. The number of halogens is 3. The van der Waals surface area contributed by atoms with Crippen LogP contribution in [-0.4, -0.2) is 15.5 Å². The molecule has 0 N–H and O–H groups in total. The summed E-state index contributed by atoms with van der Waals surface area (Å²) >= 11 is 5.36. The molecule has 1 unspecified atom stereocenters. The van der Waals surface area contributed by atoms with Gasteiger partial charge in [-0.2, -0.15) is 13.5 Å². The van der Waals surface area contributed by atoms with E-state index in [1.165, 1.54) is 4.88 Å². The van der Waals surface area contributed by atoms with Crippen LogP contribution in [0.15, 0.2) is 34.6 Å². The fourth-order valence-electron chi connectivity index (χ4n) is 3.54. The molecule has 2 aromatic rings. The van der Waals surface area contributed by atoms with Crippen molar-refractivity contribution in [2.45, 2.75) is 51.0 Å². The Morgan fingerprint density at radius 3 is 2.67 bits per heavy atom. The Hall–Kier alpha value is -0.400. The first-order valence-electron chi connectivity index (χ1n) is 8.04. The van der Waals surface area contributed by atoms with Gasteiger partial charge in [-0.1, -0.05) is 6.92 Å². The van der Waals surface area contributed by atoms with Gasteiger partial charge in [-0.15, -0.1) is 11.3 Å². The minimum atomic E-state index is -2.45. The van der Waals surface area contributed by atoms with Gasteiger partial charge in [0.05, 0.1) is 12.4 Å². The molecule has 1 fully saturated rings. The van der Waals surface area contributed by atoms with Gasteiger partial charge in [0, 0.05) is 34.6 Å². The molecule has 1 aliphatic rings. The van der Waals surface area contributed by atoms with Crippen LogP contribution in [0.2, 0.25) is 0 Å². The fourth-order valence-corrected chi connectivity index (χ4v) is 5.30. The minimum absolute atomic E-state index is 0. The van der Waals surface area contributed by atoms with Crippen LogP contribution in [0.5, 0.6) is 0 Å². The molecule has 7 heteroatoms. The predicted molar refractivity (Wildman–Crippen MR) is 103 cm³/mol. The van der Waals surface area contributed by atoms with Crippen LogP contribution in [0, 0.1) is 11.8 Å². The Morgan fingerprint density at radius 1 is 1.42 bits per heavy atom. The molecule has 1 aliphatic carbocycles. The maximum Gasteiger partial charge on any atom is 0.248 e. The number of nitrogens with zero attached hydrogens (tertiary/aromatic N) is 2. The monoisotopic (exact) mass is 436 g/mol. The third-order valence-corrected chi connectivity index (χ3v) is 6.97. The molecule has 0 aromatic carbocycles. The summed E-state index contributed by atoms with van der Waals surface area (Å²) < 4.78 is 30.0. The molecule has 0 saturated heterocycles. The molecule has 2 nitrogen and oxygen atoms in total. The molecule has 2 heterocycles. The summed E-state index contributed by atoms with van der Waals surface area (Å²) in [5, 5.41) is 2.08. The lowest BCUT2D eigenvalue weighted by Crippen LogP contribution is -2.28. The first-order chi connectivity index (χ1) is 11.0.